The van der Waals surface area contributed by atoms with Crippen LogP contribution in [0, 0.1) is 17.3 Å². The van der Waals surface area contributed by atoms with Gasteiger partial charge in [0.25, 0.3) is 0 Å². The van der Waals surface area contributed by atoms with E-state index in [1.165, 1.54) is 17.8 Å². The highest BCUT2D eigenvalue weighted by atomic mass is 35.5. The molecule has 7 heteroatoms. The van der Waals surface area contributed by atoms with Crippen molar-refractivity contribution in [3.8, 4) is 6.19 Å². The number of nitrogens with one attached hydrogen (secondary N) is 1. The van der Waals surface area contributed by atoms with E-state index in [4.69, 9.17) is 28.5 Å². The topological polar surface area (TPSA) is 48.2 Å². The minimum Gasteiger partial charge on any atom is -0.271 e. The van der Waals surface area contributed by atoms with Crippen molar-refractivity contribution in [2.45, 2.75) is 0 Å². The van der Waals surface area contributed by atoms with Crippen LogP contribution in [0.1, 0.15) is 0 Å². The molecule has 1 aromatic carbocycles. The highest BCUT2D eigenvalue weighted by molar-refractivity contribution is 8.13. The fourth-order valence-corrected chi connectivity index (χ4v) is 1.76. The number of halogens is 3. The lowest BCUT2D eigenvalue weighted by Crippen LogP contribution is -2.12. The van der Waals surface area contributed by atoms with Gasteiger partial charge in [0, 0.05) is 5.02 Å². The van der Waals surface area contributed by atoms with Crippen LogP contribution in [0.5, 0.6) is 0 Å². The Balaban J connectivity index is 3.19. The summed E-state index contributed by atoms with van der Waals surface area (Å²) in [7, 11) is 0. The van der Waals surface area contributed by atoms with Crippen LogP contribution in [-0.4, -0.2) is 11.4 Å². The number of amidine groups is 1. The third kappa shape index (κ3) is 3.27. The van der Waals surface area contributed by atoms with Gasteiger partial charge in [-0.3, -0.25) is 5.32 Å². The first-order chi connectivity index (χ1) is 7.58. The monoisotopic (exact) mass is 277 g/mol. The molecule has 1 rings (SSSR count). The zero-order valence-electron chi connectivity index (χ0n) is 8.09. The van der Waals surface area contributed by atoms with Gasteiger partial charge in [-0.25, -0.2) is 9.38 Å². The maximum absolute atomic E-state index is 13.5. The predicted molar refractivity (Wildman–Crippen MR) is 65.8 cm³/mol. The van der Waals surface area contributed by atoms with Crippen molar-refractivity contribution < 1.29 is 4.39 Å². The highest BCUT2D eigenvalue weighted by Gasteiger charge is 2.09. The van der Waals surface area contributed by atoms with Gasteiger partial charge in [-0.2, -0.15) is 5.26 Å². The molecule has 0 aliphatic heterocycles. The van der Waals surface area contributed by atoms with Gasteiger partial charge >= 0.3 is 0 Å². The summed E-state index contributed by atoms with van der Waals surface area (Å²) in [5, 5.41) is 11.3. The molecule has 0 aliphatic carbocycles. The van der Waals surface area contributed by atoms with Gasteiger partial charge < -0.3 is 0 Å². The summed E-state index contributed by atoms with van der Waals surface area (Å²) >= 11 is 12.6. The Morgan fingerprint density at radius 2 is 2.25 bits per heavy atom. The molecule has 16 heavy (non-hydrogen) atoms. The van der Waals surface area contributed by atoms with E-state index in [1.54, 1.807) is 12.4 Å². The first kappa shape index (κ1) is 13.1. The van der Waals surface area contributed by atoms with Crippen molar-refractivity contribution in [1.82, 2.24) is 5.32 Å². The molecule has 1 N–H and O–H groups in total. The van der Waals surface area contributed by atoms with Gasteiger partial charge in [-0.1, -0.05) is 35.0 Å². The first-order valence-corrected chi connectivity index (χ1v) is 5.99. The average molecular weight is 278 g/mol. The molecule has 0 bridgehead atoms. The normalized spacial score (nSPS) is 11.1. The molecule has 84 valence electrons. The van der Waals surface area contributed by atoms with E-state index in [1.807, 2.05) is 0 Å². The van der Waals surface area contributed by atoms with Gasteiger partial charge in [0.2, 0.25) is 0 Å². The Morgan fingerprint density at radius 3 is 2.75 bits per heavy atom. The Labute approximate surface area is 106 Å². The molecule has 1 aromatic rings. The standard InChI is InChI=1S/C9H6Cl2FN3S/c1-16-9(14-4-13)15-8-6(11)2-5(10)3-7(8)12/h2-3H,1H3,(H,14,15). The molecule has 0 radical (unpaired) electrons. The van der Waals surface area contributed by atoms with Gasteiger partial charge in [-0.05, 0) is 18.4 Å². The molecule has 0 saturated carbocycles. The summed E-state index contributed by atoms with van der Waals surface area (Å²) < 4.78 is 13.5. The van der Waals surface area contributed by atoms with E-state index >= 15 is 0 Å². The van der Waals surface area contributed by atoms with Crippen molar-refractivity contribution in [2.75, 3.05) is 6.26 Å². The molecule has 0 spiro atoms. The maximum atomic E-state index is 13.5. The van der Waals surface area contributed by atoms with Crippen LogP contribution in [0.4, 0.5) is 10.1 Å². The minimum atomic E-state index is -0.635. The van der Waals surface area contributed by atoms with Crippen LogP contribution in [0.25, 0.3) is 0 Å². The van der Waals surface area contributed by atoms with Crippen LogP contribution in [0.3, 0.4) is 0 Å². The average Bonchev–Trinajstić information content (AvgIpc) is 2.21. The molecule has 3 nitrogen and oxygen atoms in total. The molecule has 0 saturated heterocycles. The van der Waals surface area contributed by atoms with Crippen LogP contribution < -0.4 is 5.32 Å². The van der Waals surface area contributed by atoms with E-state index in [2.05, 4.69) is 10.3 Å². The maximum Gasteiger partial charge on any atom is 0.183 e. The second-order valence-electron chi connectivity index (χ2n) is 2.58. The molecule has 0 fully saturated rings. The fourth-order valence-electron chi connectivity index (χ4n) is 0.915. The molecule has 0 heterocycles. The summed E-state index contributed by atoms with van der Waals surface area (Å²) in [6.45, 7) is 0. The molecule has 0 atom stereocenters. The number of nitrogens with zero attached hydrogens (tertiary/aromatic N) is 2. The van der Waals surface area contributed by atoms with E-state index in [0.29, 0.717) is 0 Å². The fraction of sp³-hybridized carbons (Fsp3) is 0.111. The van der Waals surface area contributed by atoms with Crippen molar-refractivity contribution in [2.24, 2.45) is 4.99 Å². The lowest BCUT2D eigenvalue weighted by Gasteiger charge is -2.03. The number of benzene rings is 1. The van der Waals surface area contributed by atoms with Crippen LogP contribution >= 0.6 is 35.0 Å². The molecular formula is C9H6Cl2FN3S. The summed E-state index contributed by atoms with van der Waals surface area (Å²) in [6, 6.07) is 2.49. The Kier molecular flexibility index (Phi) is 4.87. The Bertz CT molecular complexity index is 447. The quantitative estimate of drug-likeness (QED) is 0.370. The first-order valence-electron chi connectivity index (χ1n) is 4.00. The zero-order chi connectivity index (χ0) is 12.1. The lowest BCUT2D eigenvalue weighted by molar-refractivity contribution is 0.630. The summed E-state index contributed by atoms with van der Waals surface area (Å²) in [4.78, 5) is 3.89. The number of thioether (sulfide) groups is 1. The third-order valence-corrected chi connectivity index (χ3v) is 2.64. The predicted octanol–water partition coefficient (Wildman–Crippen LogP) is 3.55. The highest BCUT2D eigenvalue weighted by Crippen LogP contribution is 2.31. The molecule has 0 unspecified atom stereocenters. The Hall–Kier alpha value is -0.960. The Morgan fingerprint density at radius 1 is 1.56 bits per heavy atom. The molecule has 0 amide bonds. The number of hydrogen-bond acceptors (Lipinski definition) is 3. The minimum absolute atomic E-state index is 0.0434. The molecule has 0 aliphatic rings. The van der Waals surface area contributed by atoms with Crippen molar-refractivity contribution in [3.63, 3.8) is 0 Å². The van der Waals surface area contributed by atoms with Crippen molar-refractivity contribution in [3.05, 3.63) is 28.0 Å². The van der Waals surface area contributed by atoms with E-state index in [0.717, 1.165) is 6.07 Å². The summed E-state index contributed by atoms with van der Waals surface area (Å²) in [5.74, 6) is -0.635. The van der Waals surface area contributed by atoms with Gasteiger partial charge in [-0.15, -0.1) is 0 Å². The largest absolute Gasteiger partial charge is 0.271 e. The number of rotatable bonds is 1. The zero-order valence-corrected chi connectivity index (χ0v) is 10.4. The smallest absolute Gasteiger partial charge is 0.183 e. The second-order valence-corrected chi connectivity index (χ2v) is 4.21. The second kappa shape index (κ2) is 5.94. The SMILES string of the molecule is CSC(=Nc1c(F)cc(Cl)cc1Cl)NC#N. The summed E-state index contributed by atoms with van der Waals surface area (Å²) in [5.41, 5.74) is -0.0434. The van der Waals surface area contributed by atoms with Gasteiger partial charge in [0.05, 0.1) is 5.02 Å². The van der Waals surface area contributed by atoms with Crippen LogP contribution in [0.15, 0.2) is 17.1 Å². The van der Waals surface area contributed by atoms with Crippen LogP contribution in [-0.2, 0) is 0 Å². The molecule has 0 aromatic heterocycles. The van der Waals surface area contributed by atoms with Crippen LogP contribution in [0.2, 0.25) is 10.0 Å². The third-order valence-electron chi connectivity index (χ3n) is 1.55. The van der Waals surface area contributed by atoms with E-state index < -0.39 is 5.82 Å². The van der Waals surface area contributed by atoms with E-state index in [-0.39, 0.29) is 20.9 Å². The number of hydrogen-bond donors (Lipinski definition) is 1. The lowest BCUT2D eigenvalue weighted by atomic mass is 10.3. The van der Waals surface area contributed by atoms with E-state index in [9.17, 15) is 4.39 Å². The van der Waals surface area contributed by atoms with Crippen molar-refractivity contribution >= 4 is 45.8 Å². The van der Waals surface area contributed by atoms with Crippen molar-refractivity contribution in [1.29, 1.82) is 5.26 Å². The number of aliphatic imine (C=N–C) groups is 1. The van der Waals surface area contributed by atoms with Gasteiger partial charge in [0.1, 0.15) is 5.69 Å². The van der Waals surface area contributed by atoms with Gasteiger partial charge in [0.15, 0.2) is 17.2 Å². The number of nitriles is 1. The molecular weight excluding hydrogens is 272 g/mol. The summed E-state index contributed by atoms with van der Waals surface area (Å²) in [6.07, 6.45) is 3.40.